The molecule has 1 saturated carbocycles. The van der Waals surface area contributed by atoms with Gasteiger partial charge in [-0.3, -0.25) is 4.79 Å². The van der Waals surface area contributed by atoms with Gasteiger partial charge < -0.3 is 14.9 Å². The zero-order valence-electron chi connectivity index (χ0n) is 19.6. The lowest BCUT2D eigenvalue weighted by Gasteiger charge is -2.34. The van der Waals surface area contributed by atoms with Crippen LogP contribution in [0.15, 0.2) is 12.1 Å². The van der Waals surface area contributed by atoms with Crippen molar-refractivity contribution < 1.29 is 27.9 Å². The predicted octanol–water partition coefficient (Wildman–Crippen LogP) is 5.36. The second kappa shape index (κ2) is 10.9. The van der Waals surface area contributed by atoms with Crippen LogP contribution in [0.5, 0.6) is 0 Å². The van der Waals surface area contributed by atoms with Crippen LogP contribution in [0.25, 0.3) is 0 Å². The fourth-order valence-electron chi connectivity index (χ4n) is 5.30. The lowest BCUT2D eigenvalue weighted by atomic mass is 9.91. The van der Waals surface area contributed by atoms with Gasteiger partial charge in [0.05, 0.1) is 11.1 Å². The molecule has 2 atom stereocenters. The molecular formula is C25H35F3N2O3. The van der Waals surface area contributed by atoms with Gasteiger partial charge in [-0.2, -0.15) is 13.2 Å². The van der Waals surface area contributed by atoms with E-state index in [1.165, 1.54) is 25.7 Å². The Labute approximate surface area is 193 Å². The number of amides is 1. The zero-order chi connectivity index (χ0) is 24.2. The van der Waals surface area contributed by atoms with Gasteiger partial charge in [-0.05, 0) is 74.9 Å². The number of carboxylic acids is 1. The van der Waals surface area contributed by atoms with E-state index < -0.39 is 17.7 Å². The number of benzene rings is 1. The summed E-state index contributed by atoms with van der Waals surface area (Å²) in [6.07, 6.45) is 3.16. The van der Waals surface area contributed by atoms with Crippen molar-refractivity contribution in [1.29, 1.82) is 0 Å². The van der Waals surface area contributed by atoms with Crippen molar-refractivity contribution in [1.82, 2.24) is 9.80 Å². The number of rotatable bonds is 3. The first kappa shape index (κ1) is 25.5. The molecule has 2 heterocycles. The van der Waals surface area contributed by atoms with Crippen molar-refractivity contribution in [3.63, 3.8) is 0 Å². The van der Waals surface area contributed by atoms with Crippen molar-refractivity contribution in [3.05, 3.63) is 34.4 Å². The zero-order valence-corrected chi connectivity index (χ0v) is 19.6. The number of carboxylic acid groups (broad SMARTS) is 1. The molecule has 0 bridgehead atoms. The highest BCUT2D eigenvalue weighted by Gasteiger charge is 2.38. The molecule has 1 aliphatic carbocycles. The number of halogens is 3. The number of hydrogen-bond donors (Lipinski definition) is 1. The first-order valence-electron chi connectivity index (χ1n) is 12.1. The number of nitrogens with zero attached hydrogens (tertiary/aromatic N) is 2. The van der Waals surface area contributed by atoms with Crippen molar-refractivity contribution in [2.75, 3.05) is 19.6 Å². The molecule has 8 heteroatoms. The fraction of sp³-hybridized carbons (Fsp3) is 0.680. The Balaban J connectivity index is 0.000000968. The molecule has 0 spiro atoms. The summed E-state index contributed by atoms with van der Waals surface area (Å²) >= 11 is 0. The molecular weight excluding hydrogens is 433 g/mol. The first-order valence-corrected chi connectivity index (χ1v) is 12.1. The third-order valence-corrected chi connectivity index (χ3v) is 6.87. The lowest BCUT2D eigenvalue weighted by Crippen LogP contribution is -2.41. The summed E-state index contributed by atoms with van der Waals surface area (Å²) in [5.74, 6) is -1.46. The van der Waals surface area contributed by atoms with Crippen LogP contribution < -0.4 is 0 Å². The number of alkyl halides is 3. The molecule has 2 fully saturated rings. The van der Waals surface area contributed by atoms with Crippen LogP contribution in [-0.2, 0) is 23.9 Å². The molecule has 5 nitrogen and oxygen atoms in total. The number of aromatic carboxylic acids is 1. The van der Waals surface area contributed by atoms with Crippen LogP contribution in [0.4, 0.5) is 13.2 Å². The van der Waals surface area contributed by atoms with Gasteiger partial charge in [0.2, 0.25) is 5.91 Å². The summed E-state index contributed by atoms with van der Waals surface area (Å²) in [5.41, 5.74) is -0.568. The minimum atomic E-state index is -4.63. The summed E-state index contributed by atoms with van der Waals surface area (Å²) in [7, 11) is 0. The third kappa shape index (κ3) is 6.08. The number of carbonyl (C=O) groups is 2. The van der Waals surface area contributed by atoms with Crippen molar-refractivity contribution >= 4 is 11.9 Å². The Bertz CT molecular complexity index is 850. The Morgan fingerprint density at radius 1 is 1.06 bits per heavy atom. The molecule has 0 aromatic heterocycles. The van der Waals surface area contributed by atoms with E-state index in [1.807, 2.05) is 0 Å². The standard InChI is InChI=1S/C22H27F3N2O3.C3H8/c23-22(24,25)16-10-15-13-27(9-6-18(15)19(12-16)21(29)30)20(28)14-4-5-17(11-14)26-7-2-1-3-8-26;1-3-2/h10,12,14,17H,1-9,11,13H2,(H,29,30);3H2,1-2H3. The fourth-order valence-corrected chi connectivity index (χ4v) is 5.30. The average Bonchev–Trinajstić information content (AvgIpc) is 3.28. The Kier molecular flexibility index (Phi) is 8.43. The van der Waals surface area contributed by atoms with E-state index in [4.69, 9.17) is 0 Å². The minimum absolute atomic E-state index is 0.00514. The molecule has 3 aliphatic rings. The van der Waals surface area contributed by atoms with Gasteiger partial charge in [0, 0.05) is 25.0 Å². The van der Waals surface area contributed by atoms with Crippen LogP contribution in [0.3, 0.4) is 0 Å². The average molecular weight is 469 g/mol. The molecule has 1 aromatic carbocycles. The maximum Gasteiger partial charge on any atom is 0.416 e. The highest BCUT2D eigenvalue weighted by Crippen LogP contribution is 2.36. The van der Waals surface area contributed by atoms with Gasteiger partial charge in [-0.1, -0.05) is 26.7 Å². The quantitative estimate of drug-likeness (QED) is 0.649. The number of hydrogen-bond acceptors (Lipinski definition) is 3. The Hall–Kier alpha value is -2.09. The highest BCUT2D eigenvalue weighted by molar-refractivity contribution is 5.90. The van der Waals surface area contributed by atoms with Gasteiger partial charge >= 0.3 is 12.1 Å². The molecule has 0 radical (unpaired) electrons. The first-order chi connectivity index (χ1) is 15.7. The van der Waals surface area contributed by atoms with Crippen molar-refractivity contribution in [2.45, 2.75) is 84.0 Å². The van der Waals surface area contributed by atoms with Crippen molar-refractivity contribution in [2.24, 2.45) is 5.92 Å². The second-order valence-electron chi connectivity index (χ2n) is 9.44. The van der Waals surface area contributed by atoms with Gasteiger partial charge in [-0.15, -0.1) is 0 Å². The SMILES string of the molecule is CCC.O=C(O)c1cc(C(F)(F)F)cc2c1CCN(C(=O)C1CCC(N3CCCCC3)C1)C2. The highest BCUT2D eigenvalue weighted by atomic mass is 19.4. The van der Waals surface area contributed by atoms with E-state index in [0.717, 1.165) is 38.4 Å². The van der Waals surface area contributed by atoms with Crippen LogP contribution >= 0.6 is 0 Å². The maximum atomic E-state index is 13.2. The molecule has 1 saturated heterocycles. The summed E-state index contributed by atoms with van der Waals surface area (Å²) in [6.45, 7) is 6.81. The van der Waals surface area contributed by atoms with Gasteiger partial charge in [-0.25, -0.2) is 4.79 Å². The van der Waals surface area contributed by atoms with Gasteiger partial charge in [0.15, 0.2) is 0 Å². The second-order valence-corrected chi connectivity index (χ2v) is 9.44. The molecule has 4 rings (SSSR count). The lowest BCUT2D eigenvalue weighted by molar-refractivity contribution is -0.137. The predicted molar refractivity (Wildman–Crippen MR) is 120 cm³/mol. The smallest absolute Gasteiger partial charge is 0.416 e. The number of carbonyl (C=O) groups excluding carboxylic acids is 1. The van der Waals surface area contributed by atoms with Gasteiger partial charge in [0.1, 0.15) is 0 Å². The van der Waals surface area contributed by atoms with E-state index in [2.05, 4.69) is 18.7 Å². The Morgan fingerprint density at radius 3 is 2.33 bits per heavy atom. The van der Waals surface area contributed by atoms with E-state index in [1.54, 1.807) is 4.90 Å². The summed E-state index contributed by atoms with van der Waals surface area (Å²) in [6, 6.07) is 2.14. The van der Waals surface area contributed by atoms with Crippen molar-refractivity contribution in [3.8, 4) is 0 Å². The molecule has 1 aromatic rings. The van der Waals surface area contributed by atoms with Crippen LogP contribution in [0.1, 0.15) is 85.8 Å². The van der Waals surface area contributed by atoms with E-state index in [9.17, 15) is 27.9 Å². The number of likely N-dealkylation sites (tertiary alicyclic amines) is 1. The maximum absolute atomic E-state index is 13.2. The number of fused-ring (bicyclic) bond motifs is 1. The molecule has 2 aliphatic heterocycles. The monoisotopic (exact) mass is 468 g/mol. The summed E-state index contributed by atoms with van der Waals surface area (Å²) in [5, 5.41) is 9.38. The van der Waals surface area contributed by atoms with Crippen LogP contribution in [-0.4, -0.2) is 52.5 Å². The summed E-state index contributed by atoms with van der Waals surface area (Å²) < 4.78 is 39.7. The molecule has 1 N–H and O–H groups in total. The largest absolute Gasteiger partial charge is 0.478 e. The normalized spacial score (nSPS) is 23.5. The summed E-state index contributed by atoms with van der Waals surface area (Å²) in [4.78, 5) is 28.7. The third-order valence-electron chi connectivity index (χ3n) is 6.87. The number of piperidine rings is 1. The minimum Gasteiger partial charge on any atom is -0.478 e. The Morgan fingerprint density at radius 2 is 1.73 bits per heavy atom. The molecule has 1 amide bonds. The van der Waals surface area contributed by atoms with Crippen LogP contribution in [0, 0.1) is 5.92 Å². The van der Waals surface area contributed by atoms with Crippen LogP contribution in [0.2, 0.25) is 0 Å². The molecule has 33 heavy (non-hydrogen) atoms. The van der Waals surface area contributed by atoms with Gasteiger partial charge in [0.25, 0.3) is 0 Å². The topological polar surface area (TPSA) is 60.9 Å². The van der Waals surface area contributed by atoms with E-state index in [0.29, 0.717) is 29.8 Å². The van der Waals surface area contributed by atoms with E-state index >= 15 is 0 Å². The van der Waals surface area contributed by atoms with E-state index in [-0.39, 0.29) is 30.4 Å². The molecule has 2 unspecified atom stereocenters. The molecule has 184 valence electrons.